The highest BCUT2D eigenvalue weighted by Gasteiger charge is 2.18. The van der Waals surface area contributed by atoms with Gasteiger partial charge in [-0.25, -0.2) is 9.07 Å². The fourth-order valence-corrected chi connectivity index (χ4v) is 3.43. The van der Waals surface area contributed by atoms with E-state index in [-0.39, 0.29) is 17.4 Å². The molecule has 0 bridgehead atoms. The number of carbonyl (C=O) groups excluding carboxylic acids is 1. The number of para-hydroxylation sites is 1. The van der Waals surface area contributed by atoms with Gasteiger partial charge in [0.05, 0.1) is 10.9 Å². The molecule has 3 aromatic rings. The number of rotatable bonds is 5. The minimum Gasteiger partial charge on any atom is -0.332 e. The van der Waals surface area contributed by atoms with Crippen molar-refractivity contribution in [1.82, 2.24) is 14.7 Å². The lowest BCUT2D eigenvalue weighted by Gasteiger charge is -2.18. The van der Waals surface area contributed by atoms with Gasteiger partial charge in [-0.3, -0.25) is 4.79 Å². The maximum atomic E-state index is 13.8. The Hall–Kier alpha value is -2.18. The van der Waals surface area contributed by atoms with E-state index in [2.05, 4.69) is 5.10 Å². The number of aromatic nitrogens is 2. The van der Waals surface area contributed by atoms with Crippen molar-refractivity contribution in [1.29, 1.82) is 0 Å². The molecule has 3 rings (SSSR count). The van der Waals surface area contributed by atoms with E-state index in [1.165, 1.54) is 22.1 Å². The van der Waals surface area contributed by atoms with Gasteiger partial charge in [0.1, 0.15) is 11.5 Å². The first kappa shape index (κ1) is 16.7. The lowest BCUT2D eigenvalue weighted by molar-refractivity contribution is 0.0747. The van der Waals surface area contributed by atoms with Crippen molar-refractivity contribution in [3.8, 4) is 5.69 Å². The van der Waals surface area contributed by atoms with Crippen LogP contribution in [0.15, 0.2) is 48.7 Å². The maximum Gasteiger partial charge on any atom is 0.274 e. The Bertz CT molecular complexity index is 861. The number of carbonyl (C=O) groups is 1. The lowest BCUT2D eigenvalue weighted by Crippen LogP contribution is -2.30. The number of amides is 1. The van der Waals surface area contributed by atoms with Crippen LogP contribution < -0.4 is 0 Å². The molecule has 0 aliphatic carbocycles. The third kappa shape index (κ3) is 3.49. The minimum absolute atomic E-state index is 0.197. The van der Waals surface area contributed by atoms with Crippen LogP contribution in [0.4, 0.5) is 4.39 Å². The molecule has 1 amide bonds. The molecule has 0 aliphatic heterocycles. The summed E-state index contributed by atoms with van der Waals surface area (Å²) in [5.41, 5.74) is 0.590. The molecule has 0 radical (unpaired) electrons. The highest BCUT2D eigenvalue weighted by Crippen LogP contribution is 2.23. The molecular weight excluding hydrogens is 349 g/mol. The molecule has 0 atom stereocenters. The molecule has 24 heavy (non-hydrogen) atoms. The van der Waals surface area contributed by atoms with Gasteiger partial charge in [0, 0.05) is 17.6 Å². The first-order valence-electron chi connectivity index (χ1n) is 7.42. The van der Waals surface area contributed by atoms with Gasteiger partial charge < -0.3 is 4.90 Å². The monoisotopic (exact) mass is 363 g/mol. The summed E-state index contributed by atoms with van der Waals surface area (Å²) in [7, 11) is 0. The zero-order chi connectivity index (χ0) is 17.1. The number of benzene rings is 1. The summed E-state index contributed by atoms with van der Waals surface area (Å²) < 4.78 is 15.9. The van der Waals surface area contributed by atoms with E-state index in [0.29, 0.717) is 23.1 Å². The van der Waals surface area contributed by atoms with Crippen molar-refractivity contribution < 1.29 is 9.18 Å². The van der Waals surface area contributed by atoms with E-state index in [0.717, 1.165) is 4.88 Å². The van der Waals surface area contributed by atoms with E-state index in [4.69, 9.17) is 11.6 Å². The average Bonchev–Trinajstić information content (AvgIpc) is 3.21. The Balaban J connectivity index is 1.80. The average molecular weight is 364 g/mol. The molecule has 0 spiro atoms. The molecule has 124 valence electrons. The van der Waals surface area contributed by atoms with Crippen LogP contribution in [0.1, 0.15) is 22.3 Å². The van der Waals surface area contributed by atoms with Crippen LogP contribution in [0, 0.1) is 5.82 Å². The van der Waals surface area contributed by atoms with Gasteiger partial charge >= 0.3 is 0 Å². The summed E-state index contributed by atoms with van der Waals surface area (Å²) in [4.78, 5) is 15.3. The van der Waals surface area contributed by atoms with Crippen molar-refractivity contribution in [3.63, 3.8) is 0 Å². The van der Waals surface area contributed by atoms with Gasteiger partial charge in [-0.2, -0.15) is 5.10 Å². The molecule has 1 aromatic carbocycles. The van der Waals surface area contributed by atoms with Gasteiger partial charge in [-0.05, 0) is 37.3 Å². The normalized spacial score (nSPS) is 10.8. The minimum atomic E-state index is -0.389. The Kier molecular flexibility index (Phi) is 4.97. The predicted molar refractivity (Wildman–Crippen MR) is 93.3 cm³/mol. The van der Waals surface area contributed by atoms with Gasteiger partial charge in [0.15, 0.2) is 5.69 Å². The molecule has 0 fully saturated rings. The van der Waals surface area contributed by atoms with Crippen LogP contribution in [-0.2, 0) is 6.54 Å². The highest BCUT2D eigenvalue weighted by atomic mass is 35.5. The summed E-state index contributed by atoms with van der Waals surface area (Å²) >= 11 is 7.38. The first-order valence-corrected chi connectivity index (χ1v) is 8.62. The Morgan fingerprint density at radius 2 is 2.08 bits per heavy atom. The van der Waals surface area contributed by atoms with E-state index in [1.54, 1.807) is 35.4 Å². The first-order chi connectivity index (χ1) is 11.6. The molecule has 0 unspecified atom stereocenters. The van der Waals surface area contributed by atoms with Crippen LogP contribution in [0.2, 0.25) is 4.34 Å². The predicted octanol–water partition coefficient (Wildman–Crippen LogP) is 4.39. The largest absolute Gasteiger partial charge is 0.332 e. The van der Waals surface area contributed by atoms with Crippen molar-refractivity contribution in [2.75, 3.05) is 6.54 Å². The van der Waals surface area contributed by atoms with E-state index in [9.17, 15) is 9.18 Å². The zero-order valence-electron chi connectivity index (χ0n) is 12.9. The lowest BCUT2D eigenvalue weighted by atomic mass is 10.3. The smallest absolute Gasteiger partial charge is 0.274 e. The molecule has 2 heterocycles. The van der Waals surface area contributed by atoms with Crippen LogP contribution in [-0.4, -0.2) is 27.1 Å². The molecule has 4 nitrogen and oxygen atoms in total. The molecule has 0 N–H and O–H groups in total. The number of thiophene rings is 1. The maximum absolute atomic E-state index is 13.8. The quantitative estimate of drug-likeness (QED) is 0.674. The summed E-state index contributed by atoms with van der Waals surface area (Å²) in [6.07, 6.45) is 1.58. The van der Waals surface area contributed by atoms with Crippen molar-refractivity contribution in [3.05, 3.63) is 69.4 Å². The SMILES string of the molecule is CCN(Cc1ccc(Cl)s1)C(=O)c1ccn(-c2ccccc2F)n1. The Labute approximate surface area is 148 Å². The number of nitrogens with zero attached hydrogens (tertiary/aromatic N) is 3. The summed E-state index contributed by atoms with van der Waals surface area (Å²) in [6.45, 7) is 2.92. The van der Waals surface area contributed by atoms with Gasteiger partial charge in [0.25, 0.3) is 5.91 Å². The molecule has 7 heteroatoms. The number of halogens is 2. The third-order valence-corrected chi connectivity index (χ3v) is 4.77. The van der Waals surface area contributed by atoms with Gasteiger partial charge in [-0.15, -0.1) is 11.3 Å². The number of hydrogen-bond acceptors (Lipinski definition) is 3. The molecular formula is C17H15ClFN3OS. The van der Waals surface area contributed by atoms with Crippen molar-refractivity contribution in [2.24, 2.45) is 0 Å². The summed E-state index contributed by atoms with van der Waals surface area (Å²) in [5.74, 6) is -0.586. The van der Waals surface area contributed by atoms with Crippen LogP contribution >= 0.6 is 22.9 Å². The fraction of sp³-hybridized carbons (Fsp3) is 0.176. The topological polar surface area (TPSA) is 38.1 Å². The van der Waals surface area contributed by atoms with Gasteiger partial charge in [0.2, 0.25) is 0 Å². The second kappa shape index (κ2) is 7.15. The highest BCUT2D eigenvalue weighted by molar-refractivity contribution is 7.16. The summed E-state index contributed by atoms with van der Waals surface area (Å²) in [5, 5.41) is 4.22. The van der Waals surface area contributed by atoms with Crippen LogP contribution in [0.25, 0.3) is 5.69 Å². The van der Waals surface area contributed by atoms with Crippen molar-refractivity contribution >= 4 is 28.8 Å². The van der Waals surface area contributed by atoms with E-state index >= 15 is 0 Å². The summed E-state index contributed by atoms with van der Waals surface area (Å²) in [6, 6.07) is 11.6. The van der Waals surface area contributed by atoms with Crippen LogP contribution in [0.5, 0.6) is 0 Å². The van der Waals surface area contributed by atoms with E-state index in [1.807, 2.05) is 19.1 Å². The molecule has 0 saturated carbocycles. The van der Waals surface area contributed by atoms with E-state index < -0.39 is 0 Å². The standard InChI is InChI=1S/C17H15ClFN3OS/c1-2-21(11-12-7-8-16(18)24-12)17(23)14-9-10-22(20-14)15-6-4-3-5-13(15)19/h3-10H,2,11H2,1H3. The number of hydrogen-bond donors (Lipinski definition) is 0. The van der Waals surface area contributed by atoms with Crippen LogP contribution in [0.3, 0.4) is 0 Å². The zero-order valence-corrected chi connectivity index (χ0v) is 14.5. The third-order valence-electron chi connectivity index (χ3n) is 3.55. The molecule has 2 aromatic heterocycles. The van der Waals surface area contributed by atoms with Crippen molar-refractivity contribution in [2.45, 2.75) is 13.5 Å². The molecule has 0 saturated heterocycles. The molecule has 0 aliphatic rings. The fourth-order valence-electron chi connectivity index (χ4n) is 2.32. The second-order valence-electron chi connectivity index (χ2n) is 5.12. The van der Waals surface area contributed by atoms with Gasteiger partial charge in [-0.1, -0.05) is 23.7 Å². The Morgan fingerprint density at radius 1 is 1.29 bits per heavy atom. The second-order valence-corrected chi connectivity index (χ2v) is 6.92. The Morgan fingerprint density at radius 3 is 2.75 bits per heavy atom.